The van der Waals surface area contributed by atoms with Crippen LogP contribution in [0.2, 0.25) is 0 Å². The first-order valence-corrected chi connectivity index (χ1v) is 12.8. The lowest BCUT2D eigenvalue weighted by Crippen LogP contribution is -2.56. The van der Waals surface area contributed by atoms with Crippen molar-refractivity contribution in [2.45, 2.75) is 3.72 Å². The van der Waals surface area contributed by atoms with Gasteiger partial charge < -0.3 is 5.11 Å². The largest absolute Gasteiger partial charge is 0.480 e. The Labute approximate surface area is 217 Å². The zero-order valence-electron chi connectivity index (χ0n) is 6.76. The Kier molecular flexibility index (Phi) is 10.7. The summed E-state index contributed by atoms with van der Waals surface area (Å²) in [5, 5.41) is 9.37. The van der Waals surface area contributed by atoms with E-state index in [9.17, 15) is 9.90 Å². The highest BCUT2D eigenvalue weighted by atomic mass is 127. The number of rotatable bonds is 4. The van der Waals surface area contributed by atoms with Gasteiger partial charge in [0.2, 0.25) is 0 Å². The maximum atomic E-state index is 11.4. The van der Waals surface area contributed by atoms with Crippen LogP contribution in [0.1, 0.15) is 0 Å². The summed E-state index contributed by atoms with van der Waals surface area (Å²) in [7, 11) is 0. The van der Waals surface area contributed by atoms with Crippen LogP contribution < -0.4 is 0 Å². The number of carboxylic acids is 1. The second-order valence-electron chi connectivity index (χ2n) is 2.53. The maximum absolute atomic E-state index is 11.4. The molecule has 96 valence electrons. The van der Waals surface area contributed by atoms with Gasteiger partial charge in [-0.3, -0.25) is 0 Å². The van der Waals surface area contributed by atoms with E-state index in [-0.39, 0.29) is 0.864 Å². The summed E-state index contributed by atoms with van der Waals surface area (Å²) < 4.78 is -1.61. The fourth-order valence-electron chi connectivity index (χ4n) is 0.509. The molecule has 11 heteroatoms. The molecule has 0 fully saturated rings. The Morgan fingerprint density at radius 1 is 0.750 bits per heavy atom. The van der Waals surface area contributed by atoms with Crippen molar-refractivity contribution in [3.8, 4) is 0 Å². The van der Waals surface area contributed by atoms with Crippen molar-refractivity contribution in [2.75, 3.05) is 0 Å². The molecular formula is C5HI9O2. The van der Waals surface area contributed by atoms with Crippen molar-refractivity contribution >= 4 is 209 Å². The molecule has 0 bridgehead atoms. The van der Waals surface area contributed by atoms with Gasteiger partial charge >= 0.3 is 5.97 Å². The van der Waals surface area contributed by atoms with Crippen LogP contribution >= 0.6 is 203 Å². The number of aliphatic carboxylic acids is 1. The first-order valence-electron chi connectivity index (χ1n) is 3.13. The van der Waals surface area contributed by atoms with E-state index in [1.54, 1.807) is 0 Å². The lowest BCUT2D eigenvalue weighted by Gasteiger charge is -2.45. The standard InChI is InChI=1S/C5HI9O2/c6-2(7,1(15)16)3(8,9)4(10,11)5(12,13)14/h(H,15,16). The molecule has 0 amide bonds. The molecule has 0 radical (unpaired) electrons. The molecule has 0 spiro atoms. The summed E-state index contributed by atoms with van der Waals surface area (Å²) >= 11 is 20.4. The first-order chi connectivity index (χ1) is 6.69. The quantitative estimate of drug-likeness (QED) is 0.251. The van der Waals surface area contributed by atoms with Crippen LogP contribution in [0.3, 0.4) is 0 Å². The Morgan fingerprint density at radius 3 is 1.25 bits per heavy atom. The van der Waals surface area contributed by atoms with E-state index in [0.717, 1.165) is 0 Å². The van der Waals surface area contributed by atoms with Gasteiger partial charge in [-0.1, -0.05) is 203 Å². The zero-order valence-corrected chi connectivity index (χ0v) is 26.2. The highest BCUT2D eigenvalue weighted by Crippen LogP contribution is 2.69. The van der Waals surface area contributed by atoms with Gasteiger partial charge in [-0.25, -0.2) is 4.79 Å². The van der Waals surface area contributed by atoms with Gasteiger partial charge in [-0.05, 0) is 0 Å². The summed E-state index contributed by atoms with van der Waals surface area (Å²) in [6, 6.07) is 0. The van der Waals surface area contributed by atoms with E-state index in [1.807, 2.05) is 45.2 Å². The lowest BCUT2D eigenvalue weighted by molar-refractivity contribution is -0.136. The van der Waals surface area contributed by atoms with Crippen LogP contribution in [0.15, 0.2) is 0 Å². The van der Waals surface area contributed by atoms with Crippen LogP contribution in [0, 0.1) is 0 Å². The third-order valence-corrected chi connectivity index (χ3v) is 27.3. The van der Waals surface area contributed by atoms with Gasteiger partial charge in [0, 0.05) is 0 Å². The molecule has 0 aromatic heterocycles. The molecule has 0 heterocycles. The summed E-state index contributed by atoms with van der Waals surface area (Å²) in [5.74, 6) is -0.788. The van der Waals surface area contributed by atoms with Crippen LogP contribution in [-0.4, -0.2) is 14.8 Å². The number of hydrogen-bond acceptors (Lipinski definition) is 1. The molecular weight excluding hydrogens is 1230 g/mol. The van der Waals surface area contributed by atoms with Crippen molar-refractivity contribution in [1.29, 1.82) is 0 Å². The molecule has 0 aromatic rings. The minimum Gasteiger partial charge on any atom is -0.480 e. The van der Waals surface area contributed by atoms with E-state index in [2.05, 4.69) is 158 Å². The Morgan fingerprint density at radius 2 is 1.06 bits per heavy atom. The molecule has 0 aliphatic rings. The number of alkyl halides is 9. The highest BCUT2D eigenvalue weighted by Gasteiger charge is 2.66. The fourth-order valence-corrected chi connectivity index (χ4v) is 9.77. The minimum atomic E-state index is -0.862. The van der Waals surface area contributed by atoms with Crippen molar-refractivity contribution in [1.82, 2.24) is 0 Å². The molecule has 1 N–H and O–H groups in total. The summed E-state index contributed by atoms with van der Waals surface area (Å²) in [6.45, 7) is 0. The molecule has 2 nitrogen and oxygen atoms in total. The average molecular weight is 1240 g/mol. The van der Waals surface area contributed by atoms with Crippen molar-refractivity contribution in [2.24, 2.45) is 0 Å². The third kappa shape index (κ3) is 4.77. The summed E-state index contributed by atoms with van der Waals surface area (Å²) in [4.78, 5) is 11.4. The molecule has 16 heavy (non-hydrogen) atoms. The first kappa shape index (κ1) is 22.0. The molecule has 0 saturated carbocycles. The van der Waals surface area contributed by atoms with Gasteiger partial charge in [-0.2, -0.15) is 0 Å². The molecule has 0 aromatic carbocycles. The zero-order chi connectivity index (χ0) is 13.6. The van der Waals surface area contributed by atoms with Crippen LogP contribution in [0.5, 0.6) is 0 Å². The molecule has 0 atom stereocenters. The molecule has 0 aliphatic carbocycles. The van der Waals surface area contributed by atoms with E-state index in [1.165, 1.54) is 0 Å². The number of carboxylic acid groups (broad SMARTS) is 1. The van der Waals surface area contributed by atoms with Gasteiger partial charge in [-0.15, -0.1) is 0 Å². The number of halogens is 9. The van der Waals surface area contributed by atoms with Gasteiger partial charge in [0.25, 0.3) is 0 Å². The lowest BCUT2D eigenvalue weighted by atomic mass is 10.2. The molecule has 0 saturated heterocycles. The predicted octanol–water partition coefficient (Wildman–Crippen LogP) is 6.73. The average Bonchev–Trinajstić information content (AvgIpc) is 2.00. The Bertz CT molecular complexity index is 291. The number of hydrogen-bond donors (Lipinski definition) is 1. The maximum Gasteiger partial charge on any atom is 0.332 e. The second-order valence-corrected chi connectivity index (χ2v) is 29.5. The highest BCUT2D eigenvalue weighted by molar-refractivity contribution is 14.3. The van der Waals surface area contributed by atoms with Crippen molar-refractivity contribution in [3.05, 3.63) is 0 Å². The summed E-state index contributed by atoms with van der Waals surface area (Å²) in [5.41, 5.74) is 0. The van der Waals surface area contributed by atoms with E-state index < -0.39 is 8.83 Å². The van der Waals surface area contributed by atoms with Crippen LogP contribution in [-0.2, 0) is 4.79 Å². The van der Waals surface area contributed by atoms with E-state index in [0.29, 0.717) is 0 Å². The predicted molar refractivity (Wildman–Crippen MR) is 145 cm³/mol. The topological polar surface area (TPSA) is 37.3 Å². The monoisotopic (exact) mass is 1240 g/mol. The van der Waals surface area contributed by atoms with Gasteiger partial charge in [0.15, 0.2) is 1.43 Å². The molecule has 0 aliphatic heterocycles. The normalized spacial score (nSPS) is 15.1. The minimum absolute atomic E-state index is 0.0825. The third-order valence-electron chi connectivity index (χ3n) is 1.41. The fraction of sp³-hybridized carbons (Fsp3) is 0.800. The van der Waals surface area contributed by atoms with Gasteiger partial charge in [0.05, 0.1) is 0 Å². The van der Waals surface area contributed by atoms with Crippen LogP contribution in [0.25, 0.3) is 0 Å². The van der Waals surface area contributed by atoms with E-state index >= 15 is 0 Å². The number of carbonyl (C=O) groups is 1. The van der Waals surface area contributed by atoms with Crippen molar-refractivity contribution in [3.63, 3.8) is 0 Å². The summed E-state index contributed by atoms with van der Waals surface area (Å²) in [6.07, 6.45) is 0. The van der Waals surface area contributed by atoms with Gasteiger partial charge in [0.1, 0.15) is 2.29 Å². The van der Waals surface area contributed by atoms with Crippen molar-refractivity contribution < 1.29 is 9.90 Å². The molecule has 0 rings (SSSR count). The Balaban J connectivity index is 5.62. The SMILES string of the molecule is O=C(O)C(I)(I)C(I)(I)C(I)(I)C(I)(I)I. The Hall–Kier alpha value is 6.04. The van der Waals surface area contributed by atoms with Crippen LogP contribution in [0.4, 0.5) is 0 Å². The second kappa shape index (κ2) is 7.74. The van der Waals surface area contributed by atoms with E-state index in [4.69, 9.17) is 0 Å². The molecule has 0 unspecified atom stereocenters. The smallest absolute Gasteiger partial charge is 0.332 e.